The molecule has 4 rings (SSSR count). The predicted molar refractivity (Wildman–Crippen MR) is 156 cm³/mol. The molecule has 0 aromatic heterocycles. The van der Waals surface area contributed by atoms with Gasteiger partial charge in [-0.1, -0.05) is 42.7 Å². The van der Waals surface area contributed by atoms with E-state index in [0.29, 0.717) is 5.75 Å². The Labute approximate surface area is 241 Å². The molecule has 1 fully saturated rings. The summed E-state index contributed by atoms with van der Waals surface area (Å²) in [5, 5.41) is 3.05. The number of anilines is 1. The van der Waals surface area contributed by atoms with Gasteiger partial charge in [-0.15, -0.1) is 0 Å². The zero-order chi connectivity index (χ0) is 29.6. The second-order valence-corrected chi connectivity index (χ2v) is 12.2. The lowest BCUT2D eigenvalue weighted by molar-refractivity contribution is -0.139. The zero-order valence-electron chi connectivity index (χ0n) is 23.5. The molecule has 1 atom stereocenters. The van der Waals surface area contributed by atoms with Gasteiger partial charge in [0.15, 0.2) is 0 Å². The highest BCUT2D eigenvalue weighted by molar-refractivity contribution is 7.92. The minimum atomic E-state index is -4.26. The van der Waals surface area contributed by atoms with Crippen LogP contribution in [-0.2, 0) is 26.2 Å². The fraction of sp³-hybridized carbons (Fsp3) is 0.355. The van der Waals surface area contributed by atoms with Crippen molar-refractivity contribution in [1.29, 1.82) is 0 Å². The first-order valence-corrected chi connectivity index (χ1v) is 15.1. The van der Waals surface area contributed by atoms with Crippen LogP contribution in [0.15, 0.2) is 77.7 Å². The molecule has 0 bridgehead atoms. The third-order valence-corrected chi connectivity index (χ3v) is 9.15. The Balaban J connectivity index is 1.68. The van der Waals surface area contributed by atoms with Crippen LogP contribution in [-0.4, -0.2) is 50.9 Å². The molecule has 0 radical (unpaired) electrons. The maximum absolute atomic E-state index is 14.0. The maximum atomic E-state index is 14.0. The van der Waals surface area contributed by atoms with Crippen molar-refractivity contribution in [1.82, 2.24) is 10.2 Å². The molecule has 218 valence electrons. The number of halogens is 1. The number of nitrogens with one attached hydrogen (secondary N) is 1. The Morgan fingerprint density at radius 1 is 1.02 bits per heavy atom. The average Bonchev–Trinajstić information content (AvgIpc) is 3.48. The van der Waals surface area contributed by atoms with Gasteiger partial charge < -0.3 is 15.0 Å². The van der Waals surface area contributed by atoms with Crippen molar-refractivity contribution in [2.75, 3.05) is 18.0 Å². The molecule has 3 aromatic rings. The predicted octanol–water partition coefficient (Wildman–Crippen LogP) is 4.81. The van der Waals surface area contributed by atoms with Gasteiger partial charge in [-0.05, 0) is 80.8 Å². The Hall–Kier alpha value is -3.92. The van der Waals surface area contributed by atoms with E-state index in [4.69, 9.17) is 4.74 Å². The smallest absolute Gasteiger partial charge is 0.264 e. The van der Waals surface area contributed by atoms with Gasteiger partial charge in [0, 0.05) is 12.6 Å². The number of amides is 2. The van der Waals surface area contributed by atoms with Crippen LogP contribution in [0.5, 0.6) is 5.75 Å². The van der Waals surface area contributed by atoms with Crippen molar-refractivity contribution < 1.29 is 27.1 Å². The number of carbonyl (C=O) groups is 2. The number of sulfonamides is 1. The summed E-state index contributed by atoms with van der Waals surface area (Å²) >= 11 is 0. The van der Waals surface area contributed by atoms with Crippen molar-refractivity contribution in [3.8, 4) is 5.75 Å². The number of rotatable bonds is 11. The van der Waals surface area contributed by atoms with Crippen molar-refractivity contribution in [3.05, 3.63) is 89.7 Å². The normalized spacial score (nSPS) is 14.3. The summed E-state index contributed by atoms with van der Waals surface area (Å²) in [4.78, 5) is 28.6. The van der Waals surface area contributed by atoms with Gasteiger partial charge in [0.1, 0.15) is 24.2 Å². The SMILES string of the molecule is COc1cccc(CN(C(=O)CN(c2ccc(C)cc2)S(=O)(=O)c2ccc(F)cc2)[C@@H](C)C(=O)NC2CCCC2)c1. The highest BCUT2D eigenvalue weighted by Gasteiger charge is 2.33. The molecule has 10 heteroatoms. The first-order valence-electron chi connectivity index (χ1n) is 13.7. The Kier molecular flexibility index (Phi) is 9.65. The molecule has 41 heavy (non-hydrogen) atoms. The molecule has 3 aromatic carbocycles. The van der Waals surface area contributed by atoms with Crippen molar-refractivity contribution >= 4 is 27.5 Å². The third-order valence-electron chi connectivity index (χ3n) is 7.36. The summed E-state index contributed by atoms with van der Waals surface area (Å²) in [5.74, 6) is -0.837. The quantitative estimate of drug-likeness (QED) is 0.351. The Morgan fingerprint density at radius 3 is 2.32 bits per heavy atom. The van der Waals surface area contributed by atoms with Gasteiger partial charge in [-0.3, -0.25) is 13.9 Å². The number of carbonyl (C=O) groups excluding carboxylic acids is 2. The molecule has 0 saturated heterocycles. The highest BCUT2D eigenvalue weighted by atomic mass is 32.2. The van der Waals surface area contributed by atoms with Crippen LogP contribution in [0, 0.1) is 12.7 Å². The van der Waals surface area contributed by atoms with Crippen LogP contribution in [0.1, 0.15) is 43.7 Å². The summed E-state index contributed by atoms with van der Waals surface area (Å²) in [6.07, 6.45) is 3.86. The molecule has 1 N–H and O–H groups in total. The van der Waals surface area contributed by atoms with Gasteiger partial charge in [-0.25, -0.2) is 12.8 Å². The number of hydrogen-bond donors (Lipinski definition) is 1. The minimum Gasteiger partial charge on any atom is -0.497 e. The third kappa shape index (κ3) is 7.43. The van der Waals surface area contributed by atoms with E-state index >= 15 is 0 Å². The number of ether oxygens (including phenoxy) is 1. The summed E-state index contributed by atoms with van der Waals surface area (Å²) in [7, 11) is -2.72. The molecule has 0 unspecified atom stereocenters. The first-order chi connectivity index (χ1) is 19.6. The Bertz CT molecular complexity index is 1460. The number of nitrogens with zero attached hydrogens (tertiary/aromatic N) is 2. The maximum Gasteiger partial charge on any atom is 0.264 e. The van der Waals surface area contributed by atoms with Crippen molar-refractivity contribution in [2.45, 2.75) is 63.1 Å². The van der Waals surface area contributed by atoms with Gasteiger partial charge >= 0.3 is 0 Å². The second kappa shape index (κ2) is 13.2. The van der Waals surface area contributed by atoms with E-state index in [-0.39, 0.29) is 29.1 Å². The van der Waals surface area contributed by atoms with Crippen LogP contribution >= 0.6 is 0 Å². The molecule has 1 aliphatic rings. The van der Waals surface area contributed by atoms with E-state index in [1.807, 2.05) is 13.0 Å². The second-order valence-electron chi connectivity index (χ2n) is 10.3. The lowest BCUT2D eigenvalue weighted by Crippen LogP contribution is -2.52. The molecule has 1 saturated carbocycles. The molecule has 8 nitrogen and oxygen atoms in total. The van der Waals surface area contributed by atoms with E-state index in [2.05, 4.69) is 5.32 Å². The lowest BCUT2D eigenvalue weighted by atomic mass is 10.1. The van der Waals surface area contributed by atoms with Gasteiger partial charge in [0.2, 0.25) is 11.8 Å². The molecule has 0 heterocycles. The number of methoxy groups -OCH3 is 1. The largest absolute Gasteiger partial charge is 0.497 e. The van der Waals surface area contributed by atoms with Crippen LogP contribution in [0.3, 0.4) is 0 Å². The van der Waals surface area contributed by atoms with Crippen molar-refractivity contribution in [2.24, 2.45) is 0 Å². The summed E-state index contributed by atoms with van der Waals surface area (Å²) < 4.78 is 47.5. The number of hydrogen-bond acceptors (Lipinski definition) is 5. The lowest BCUT2D eigenvalue weighted by Gasteiger charge is -2.32. The minimum absolute atomic E-state index is 0.0571. The van der Waals surface area contributed by atoms with Gasteiger partial charge in [-0.2, -0.15) is 0 Å². The van der Waals surface area contributed by atoms with E-state index in [1.165, 1.54) is 17.0 Å². The standard InChI is InChI=1S/C31H36FN3O5S/c1-22-11-15-27(16-12-22)35(41(38,39)29-17-13-25(32)14-18-29)21-30(36)34(20-24-7-6-10-28(19-24)40-3)23(2)31(37)33-26-8-4-5-9-26/h6-7,10-19,23,26H,4-5,8-9,20-21H2,1-3H3,(H,33,37)/t23-/m0/s1. The van der Waals surface area contributed by atoms with Crippen LogP contribution in [0.4, 0.5) is 10.1 Å². The first kappa shape index (κ1) is 30.0. The van der Waals surface area contributed by atoms with Gasteiger partial charge in [0.05, 0.1) is 17.7 Å². The van der Waals surface area contributed by atoms with Crippen molar-refractivity contribution in [3.63, 3.8) is 0 Å². The number of benzene rings is 3. The fourth-order valence-electron chi connectivity index (χ4n) is 4.92. The van der Waals surface area contributed by atoms with E-state index in [9.17, 15) is 22.4 Å². The molecular formula is C31H36FN3O5S. The molecule has 0 spiro atoms. The summed E-state index contributed by atoms with van der Waals surface area (Å²) in [6, 6.07) is 17.5. The zero-order valence-corrected chi connectivity index (χ0v) is 24.4. The van der Waals surface area contributed by atoms with Crippen LogP contribution < -0.4 is 14.4 Å². The highest BCUT2D eigenvalue weighted by Crippen LogP contribution is 2.26. The van der Waals surface area contributed by atoms with Gasteiger partial charge in [0.25, 0.3) is 10.0 Å². The van der Waals surface area contributed by atoms with E-state index < -0.39 is 34.3 Å². The molecule has 0 aliphatic heterocycles. The van der Waals surface area contributed by atoms with E-state index in [1.54, 1.807) is 56.5 Å². The Morgan fingerprint density at radius 2 is 1.68 bits per heavy atom. The molecular weight excluding hydrogens is 545 g/mol. The van der Waals surface area contributed by atoms with Crippen LogP contribution in [0.25, 0.3) is 0 Å². The van der Waals surface area contributed by atoms with E-state index in [0.717, 1.165) is 53.2 Å². The summed E-state index contributed by atoms with van der Waals surface area (Å²) in [6.45, 7) is 3.02. The number of aryl methyl sites for hydroxylation is 1. The monoisotopic (exact) mass is 581 g/mol. The summed E-state index contributed by atoms with van der Waals surface area (Å²) in [5.41, 5.74) is 1.91. The topological polar surface area (TPSA) is 96.0 Å². The van der Waals surface area contributed by atoms with Crippen LogP contribution in [0.2, 0.25) is 0 Å². The fourth-order valence-corrected chi connectivity index (χ4v) is 6.33. The molecule has 1 aliphatic carbocycles. The average molecular weight is 582 g/mol. The molecule has 2 amide bonds.